The molecule has 2 rings (SSSR count). The Hall–Kier alpha value is -2.10. The highest BCUT2D eigenvalue weighted by Crippen LogP contribution is 2.26. The molecule has 1 N–H and O–H groups in total. The lowest BCUT2D eigenvalue weighted by atomic mass is 9.92. The largest absolute Gasteiger partial charge is 0.467 e. The predicted octanol–water partition coefficient (Wildman–Crippen LogP) is 1.03. The van der Waals surface area contributed by atoms with E-state index in [9.17, 15) is 9.59 Å². The van der Waals surface area contributed by atoms with Crippen molar-refractivity contribution in [1.82, 2.24) is 4.57 Å². The van der Waals surface area contributed by atoms with E-state index >= 15 is 0 Å². The zero-order valence-electron chi connectivity index (χ0n) is 14.1. The Labute approximate surface area is 141 Å². The molecule has 2 heterocycles. The van der Waals surface area contributed by atoms with Crippen molar-refractivity contribution >= 4 is 5.97 Å². The van der Waals surface area contributed by atoms with E-state index in [2.05, 4.69) is 11.8 Å². The number of ether oxygens (including phenoxy) is 2. The average molecular weight is 333 g/mol. The summed E-state index contributed by atoms with van der Waals surface area (Å²) < 4.78 is 11.8. The minimum atomic E-state index is -0.648. The molecule has 1 atom stereocenters. The molecule has 130 valence electrons. The Bertz CT molecular complexity index is 692. The van der Waals surface area contributed by atoms with Crippen LogP contribution in [0, 0.1) is 24.7 Å². The summed E-state index contributed by atoms with van der Waals surface area (Å²) in [6.07, 6.45) is 2.31. The van der Waals surface area contributed by atoms with Gasteiger partial charge in [0.05, 0.1) is 7.11 Å². The molecule has 0 bridgehead atoms. The zero-order chi connectivity index (χ0) is 17.5. The number of nitrogens with zero attached hydrogens (tertiary/aromatic N) is 1. The molecule has 6 heteroatoms. The summed E-state index contributed by atoms with van der Waals surface area (Å²) in [5.74, 6) is 5.15. The van der Waals surface area contributed by atoms with Crippen LogP contribution in [-0.2, 0) is 14.3 Å². The first-order valence-corrected chi connectivity index (χ1v) is 8.05. The number of aliphatic hydroxyl groups excluding tert-OH is 1. The summed E-state index contributed by atoms with van der Waals surface area (Å²) >= 11 is 0. The van der Waals surface area contributed by atoms with Crippen molar-refractivity contribution < 1.29 is 19.4 Å². The second kappa shape index (κ2) is 8.67. The van der Waals surface area contributed by atoms with Gasteiger partial charge in [0, 0.05) is 30.5 Å². The van der Waals surface area contributed by atoms with Gasteiger partial charge >= 0.3 is 5.97 Å². The third-order valence-electron chi connectivity index (χ3n) is 4.25. The van der Waals surface area contributed by atoms with Crippen molar-refractivity contribution in [2.75, 3.05) is 26.9 Å². The smallest absolute Gasteiger partial charge is 0.328 e. The molecule has 0 aromatic carbocycles. The number of esters is 1. The maximum atomic E-state index is 12.5. The first-order chi connectivity index (χ1) is 11.6. The van der Waals surface area contributed by atoms with Gasteiger partial charge in [0.1, 0.15) is 12.6 Å². The highest BCUT2D eigenvalue weighted by molar-refractivity contribution is 5.74. The van der Waals surface area contributed by atoms with Gasteiger partial charge in [-0.1, -0.05) is 11.8 Å². The van der Waals surface area contributed by atoms with E-state index in [1.54, 1.807) is 13.0 Å². The van der Waals surface area contributed by atoms with Gasteiger partial charge in [-0.05, 0) is 38.2 Å². The normalized spacial score (nSPS) is 16.1. The van der Waals surface area contributed by atoms with Gasteiger partial charge in [-0.3, -0.25) is 9.36 Å². The lowest BCUT2D eigenvalue weighted by Gasteiger charge is -2.27. The molecule has 1 aliphatic heterocycles. The maximum absolute atomic E-state index is 12.5. The summed E-state index contributed by atoms with van der Waals surface area (Å²) in [4.78, 5) is 24.8. The maximum Gasteiger partial charge on any atom is 0.328 e. The van der Waals surface area contributed by atoms with Crippen LogP contribution in [0.25, 0.3) is 0 Å². The zero-order valence-corrected chi connectivity index (χ0v) is 14.1. The second-order valence-electron chi connectivity index (χ2n) is 5.88. The fraction of sp³-hybridized carbons (Fsp3) is 0.556. The van der Waals surface area contributed by atoms with Crippen molar-refractivity contribution in [2.24, 2.45) is 5.92 Å². The van der Waals surface area contributed by atoms with Crippen molar-refractivity contribution in [2.45, 2.75) is 32.2 Å². The Morgan fingerprint density at radius 2 is 2.17 bits per heavy atom. The minimum Gasteiger partial charge on any atom is -0.467 e. The molecule has 0 spiro atoms. The molecule has 6 nitrogen and oxygen atoms in total. The number of hydrogen-bond acceptors (Lipinski definition) is 5. The minimum absolute atomic E-state index is 0.267. The summed E-state index contributed by atoms with van der Waals surface area (Å²) in [7, 11) is 1.33. The van der Waals surface area contributed by atoms with Crippen LogP contribution in [0.5, 0.6) is 0 Å². The van der Waals surface area contributed by atoms with Crippen LogP contribution in [0.1, 0.15) is 36.6 Å². The molecule has 1 aromatic rings. The van der Waals surface area contributed by atoms with Crippen LogP contribution >= 0.6 is 0 Å². The van der Waals surface area contributed by atoms with E-state index in [-0.39, 0.29) is 12.2 Å². The summed E-state index contributed by atoms with van der Waals surface area (Å²) in [5, 5.41) is 8.77. The molecule has 0 aliphatic carbocycles. The average Bonchev–Trinajstić information content (AvgIpc) is 2.58. The molecule has 1 unspecified atom stereocenters. The van der Waals surface area contributed by atoms with Gasteiger partial charge in [-0.2, -0.15) is 0 Å². The van der Waals surface area contributed by atoms with E-state index < -0.39 is 12.0 Å². The molecule has 1 saturated heterocycles. The van der Waals surface area contributed by atoms with Gasteiger partial charge in [0.25, 0.3) is 5.56 Å². The number of pyridine rings is 1. The lowest BCUT2D eigenvalue weighted by molar-refractivity contribution is -0.145. The van der Waals surface area contributed by atoms with E-state index in [4.69, 9.17) is 14.6 Å². The third-order valence-corrected chi connectivity index (χ3v) is 4.25. The van der Waals surface area contributed by atoms with E-state index in [0.29, 0.717) is 36.8 Å². The highest BCUT2D eigenvalue weighted by atomic mass is 16.5. The molecular formula is C18H23NO5. The van der Waals surface area contributed by atoms with Crippen molar-refractivity contribution in [1.29, 1.82) is 0 Å². The quantitative estimate of drug-likeness (QED) is 0.658. The first kappa shape index (κ1) is 18.2. The first-order valence-electron chi connectivity index (χ1n) is 8.05. The fourth-order valence-electron chi connectivity index (χ4n) is 3.07. The Balaban J connectivity index is 2.34. The van der Waals surface area contributed by atoms with Gasteiger partial charge in [0.15, 0.2) is 0 Å². The summed E-state index contributed by atoms with van der Waals surface area (Å²) in [6.45, 7) is 2.87. The molecule has 0 amide bonds. The molecule has 0 radical (unpaired) electrons. The number of carbonyl (C=O) groups excluding carboxylic acids is 1. The van der Waals surface area contributed by atoms with Gasteiger partial charge in [0.2, 0.25) is 0 Å². The van der Waals surface area contributed by atoms with Crippen LogP contribution < -0.4 is 5.56 Å². The number of carbonyl (C=O) groups is 1. The van der Waals surface area contributed by atoms with Crippen molar-refractivity contribution in [3.05, 3.63) is 33.7 Å². The highest BCUT2D eigenvalue weighted by Gasteiger charge is 2.28. The lowest BCUT2D eigenvalue weighted by Crippen LogP contribution is -2.34. The van der Waals surface area contributed by atoms with Crippen LogP contribution in [-0.4, -0.2) is 42.6 Å². The molecule has 24 heavy (non-hydrogen) atoms. The number of rotatable bonds is 4. The van der Waals surface area contributed by atoms with Gasteiger partial charge in [-0.15, -0.1) is 0 Å². The monoisotopic (exact) mass is 333 g/mol. The molecule has 1 fully saturated rings. The standard InChI is InChI=1S/C18H23NO5/c1-13-10-15(4-3-7-20)12-17(21)19(13)16(18(22)23-2)11-14-5-8-24-9-6-14/h10,12,14,16,20H,5-9,11H2,1-2H3. The summed E-state index contributed by atoms with van der Waals surface area (Å²) in [6, 6.07) is 2.48. The molecule has 1 aliphatic rings. The van der Waals surface area contributed by atoms with Crippen molar-refractivity contribution in [3.8, 4) is 11.8 Å². The number of aliphatic hydroxyl groups is 1. The van der Waals surface area contributed by atoms with Crippen LogP contribution in [0.4, 0.5) is 0 Å². The Morgan fingerprint density at radius 3 is 2.75 bits per heavy atom. The van der Waals surface area contributed by atoms with Gasteiger partial charge < -0.3 is 14.6 Å². The van der Waals surface area contributed by atoms with E-state index in [1.165, 1.54) is 17.7 Å². The van der Waals surface area contributed by atoms with Crippen LogP contribution in [0.15, 0.2) is 16.9 Å². The predicted molar refractivity (Wildman–Crippen MR) is 88.6 cm³/mol. The SMILES string of the molecule is COC(=O)C(CC1CCOCC1)n1c(C)cc(C#CCO)cc1=O. The Morgan fingerprint density at radius 1 is 1.46 bits per heavy atom. The second-order valence-corrected chi connectivity index (χ2v) is 5.88. The number of aromatic nitrogens is 1. The fourth-order valence-corrected chi connectivity index (χ4v) is 3.07. The molecular weight excluding hydrogens is 310 g/mol. The third kappa shape index (κ3) is 4.47. The topological polar surface area (TPSA) is 77.8 Å². The molecule has 0 saturated carbocycles. The van der Waals surface area contributed by atoms with Crippen LogP contribution in [0.2, 0.25) is 0 Å². The number of aryl methyl sites for hydroxylation is 1. The Kier molecular flexibility index (Phi) is 6.59. The van der Waals surface area contributed by atoms with Crippen molar-refractivity contribution in [3.63, 3.8) is 0 Å². The summed E-state index contributed by atoms with van der Waals surface area (Å²) in [5.41, 5.74) is 0.879. The van der Waals surface area contributed by atoms with Gasteiger partial charge in [-0.25, -0.2) is 4.79 Å². The van der Waals surface area contributed by atoms with E-state index in [0.717, 1.165) is 12.8 Å². The molecule has 1 aromatic heterocycles. The number of hydrogen-bond donors (Lipinski definition) is 1. The van der Waals surface area contributed by atoms with E-state index in [1.807, 2.05) is 0 Å². The number of methoxy groups -OCH3 is 1. The van der Waals surface area contributed by atoms with Crippen LogP contribution in [0.3, 0.4) is 0 Å².